The second-order valence-electron chi connectivity index (χ2n) is 20.2. The lowest BCUT2D eigenvalue weighted by Crippen LogP contribution is -2.53. The Kier molecular flexibility index (Phi) is 18.8. The summed E-state index contributed by atoms with van der Waals surface area (Å²) < 4.78 is 27.9. The van der Waals surface area contributed by atoms with Gasteiger partial charge in [-0.15, -0.1) is 4.99 Å². The summed E-state index contributed by atoms with van der Waals surface area (Å²) in [6.45, 7) is 25.7. The van der Waals surface area contributed by atoms with Gasteiger partial charge in [-0.1, -0.05) is 48.5 Å². The van der Waals surface area contributed by atoms with E-state index in [9.17, 15) is 24.0 Å². The van der Waals surface area contributed by atoms with Crippen LogP contribution in [-0.4, -0.2) is 98.5 Å². The van der Waals surface area contributed by atoms with Crippen LogP contribution in [0.3, 0.4) is 0 Å². The topological polar surface area (TPSA) is 198 Å². The van der Waals surface area contributed by atoms with Crippen molar-refractivity contribution in [2.45, 2.75) is 170 Å². The molecule has 0 aliphatic carbocycles. The lowest BCUT2D eigenvalue weighted by Gasteiger charge is -2.34. The number of hydrogen-bond donors (Lipinski definition) is 2. The molecule has 0 saturated carbocycles. The third kappa shape index (κ3) is 21.9. The second-order valence-corrected chi connectivity index (χ2v) is 20.2. The van der Waals surface area contributed by atoms with Crippen molar-refractivity contribution in [1.29, 1.82) is 10.8 Å². The monoisotopic (exact) mass is 878 g/mol. The molecule has 0 unspecified atom stereocenters. The highest BCUT2D eigenvalue weighted by atomic mass is 16.6. The van der Waals surface area contributed by atoms with Gasteiger partial charge in [-0.3, -0.25) is 9.59 Å². The Hall–Kier alpha value is -5.60. The van der Waals surface area contributed by atoms with E-state index in [0.29, 0.717) is 36.8 Å². The number of carbonyl (C=O) groups excluding carboxylic acids is 5. The van der Waals surface area contributed by atoms with Gasteiger partial charge in [0.05, 0.1) is 12.8 Å². The third-order valence-corrected chi connectivity index (χ3v) is 8.08. The van der Waals surface area contributed by atoms with Crippen LogP contribution in [0.2, 0.25) is 0 Å². The predicted octanol–water partition coefficient (Wildman–Crippen LogP) is 10.2. The van der Waals surface area contributed by atoms with E-state index in [4.69, 9.17) is 34.5 Å². The number of guanidine groups is 1. The molecule has 0 aliphatic rings. The average molecular weight is 878 g/mol. The van der Waals surface area contributed by atoms with Crippen molar-refractivity contribution in [3.05, 3.63) is 70.8 Å². The third-order valence-electron chi connectivity index (χ3n) is 8.08. The summed E-state index contributed by atoms with van der Waals surface area (Å²) in [6.07, 6.45) is -1.55. The maximum atomic E-state index is 14.1. The number of rotatable bonds is 14. The Labute approximate surface area is 374 Å². The van der Waals surface area contributed by atoms with Crippen LogP contribution in [0.4, 0.5) is 14.4 Å². The summed E-state index contributed by atoms with van der Waals surface area (Å²) in [7, 11) is 0. The van der Waals surface area contributed by atoms with E-state index in [0.717, 1.165) is 20.9 Å². The van der Waals surface area contributed by atoms with Gasteiger partial charge in [0.1, 0.15) is 28.0 Å². The molecule has 348 valence electrons. The molecule has 0 aliphatic heterocycles. The van der Waals surface area contributed by atoms with Crippen molar-refractivity contribution in [3.8, 4) is 0 Å². The van der Waals surface area contributed by atoms with Crippen LogP contribution in [-0.2, 0) is 46.1 Å². The van der Waals surface area contributed by atoms with Crippen LogP contribution < -0.4 is 0 Å². The maximum absolute atomic E-state index is 14.1. The zero-order chi connectivity index (χ0) is 48.1. The highest BCUT2D eigenvalue weighted by Gasteiger charge is 2.35. The van der Waals surface area contributed by atoms with Gasteiger partial charge in [-0.05, 0) is 152 Å². The first kappa shape index (κ1) is 53.5. The normalized spacial score (nSPS) is 12.0. The molecule has 3 amide bonds. The number of hydrogen-bond acceptors (Lipinski definition) is 12. The molecule has 63 heavy (non-hydrogen) atoms. The SMILES string of the molecule is CC(C)(C)OC(=O)CC(=N)c1ccc(CCCN(C(=O)OC(C)(C)C)C(=NC(=O)OC(C)(C)C)N(CCCc2ccc(C(=N)CC(=O)OC(C)(C)C)cc2)C(=O)OC(C)(C)C)cc1. The molecule has 15 heteroatoms. The fourth-order valence-corrected chi connectivity index (χ4v) is 5.69. The van der Waals surface area contributed by atoms with E-state index >= 15 is 0 Å². The zero-order valence-corrected chi connectivity index (χ0v) is 40.2. The van der Waals surface area contributed by atoms with Crippen molar-refractivity contribution in [1.82, 2.24) is 9.80 Å². The number of aryl methyl sites for hydroxylation is 2. The molecule has 0 fully saturated rings. The van der Waals surface area contributed by atoms with E-state index in [1.807, 2.05) is 24.3 Å². The standard InChI is InChI=1S/C48H71N5O10/c1-44(2,3)59-38(54)30-36(49)34-24-20-32(21-25-34)18-16-28-52(42(57)62-47(10,11)12)40(51-41(56)61-46(7,8)9)53(43(58)63-48(13,14)15)29-17-19-33-22-26-35(27-23-33)37(50)31-39(55)60-45(4,5)6/h20-27,49-50H,16-19,28-31H2,1-15H3. The van der Waals surface area contributed by atoms with E-state index in [2.05, 4.69) is 4.99 Å². The first-order valence-corrected chi connectivity index (χ1v) is 21.3. The zero-order valence-electron chi connectivity index (χ0n) is 40.2. The van der Waals surface area contributed by atoms with E-state index in [-0.39, 0.29) is 43.3 Å². The Morgan fingerprint density at radius 2 is 0.778 bits per heavy atom. The van der Waals surface area contributed by atoms with Gasteiger partial charge in [-0.2, -0.15) is 0 Å². The minimum absolute atomic E-state index is 0.0389. The van der Waals surface area contributed by atoms with Crippen molar-refractivity contribution in [2.75, 3.05) is 13.1 Å². The smallest absolute Gasteiger partial charge is 0.437 e. The fraction of sp³-hybridized carbons (Fsp3) is 0.583. The summed E-state index contributed by atoms with van der Waals surface area (Å²) >= 11 is 0. The minimum Gasteiger partial charge on any atom is -0.460 e. The van der Waals surface area contributed by atoms with Crippen LogP contribution in [0.1, 0.15) is 152 Å². The average Bonchev–Trinajstić information content (AvgIpc) is 3.07. The Morgan fingerprint density at radius 3 is 1.06 bits per heavy atom. The Balaban J connectivity index is 2.48. The number of ether oxygens (including phenoxy) is 5. The molecule has 2 aromatic rings. The number of carbonyl (C=O) groups is 5. The largest absolute Gasteiger partial charge is 0.460 e. The molecule has 2 N–H and O–H groups in total. The summed E-state index contributed by atoms with van der Waals surface area (Å²) in [5.74, 6) is -1.31. The summed E-state index contributed by atoms with van der Waals surface area (Å²) in [6, 6.07) is 14.3. The van der Waals surface area contributed by atoms with Gasteiger partial charge in [-0.25, -0.2) is 24.2 Å². The number of nitrogens with zero attached hydrogens (tertiary/aromatic N) is 3. The molecule has 0 radical (unpaired) electrons. The number of esters is 2. The Bertz CT molecular complexity index is 1830. The molecular formula is C48H71N5O10. The molecule has 0 heterocycles. The lowest BCUT2D eigenvalue weighted by molar-refractivity contribution is -0.154. The van der Waals surface area contributed by atoms with Gasteiger partial charge < -0.3 is 34.5 Å². The molecule has 2 aromatic carbocycles. The van der Waals surface area contributed by atoms with Gasteiger partial charge >= 0.3 is 30.2 Å². The van der Waals surface area contributed by atoms with Gasteiger partial charge in [0.25, 0.3) is 0 Å². The van der Waals surface area contributed by atoms with Crippen LogP contribution in [0.25, 0.3) is 0 Å². The Morgan fingerprint density at radius 1 is 0.476 bits per heavy atom. The maximum Gasteiger partial charge on any atom is 0.437 e. The van der Waals surface area contributed by atoms with E-state index in [1.54, 1.807) is 128 Å². The molecule has 2 rings (SSSR count). The van der Waals surface area contributed by atoms with E-state index in [1.165, 1.54) is 0 Å². The predicted molar refractivity (Wildman–Crippen MR) is 244 cm³/mol. The summed E-state index contributed by atoms with van der Waals surface area (Å²) in [5, 5.41) is 16.9. The molecular weight excluding hydrogens is 807 g/mol. The number of benzene rings is 2. The van der Waals surface area contributed by atoms with E-state index < -0.39 is 58.2 Å². The van der Waals surface area contributed by atoms with Crippen molar-refractivity contribution in [2.24, 2.45) is 4.99 Å². The molecule has 0 aromatic heterocycles. The van der Waals surface area contributed by atoms with Gasteiger partial charge in [0.15, 0.2) is 0 Å². The number of nitrogens with one attached hydrogen (secondary N) is 2. The van der Waals surface area contributed by atoms with Crippen LogP contribution >= 0.6 is 0 Å². The number of amides is 3. The molecule has 0 atom stereocenters. The van der Waals surface area contributed by atoms with Crippen LogP contribution in [0.15, 0.2) is 53.5 Å². The highest BCUT2D eigenvalue weighted by molar-refractivity contribution is 6.08. The first-order chi connectivity index (χ1) is 28.7. The summed E-state index contributed by atoms with van der Waals surface area (Å²) in [5.41, 5.74) is -1.11. The van der Waals surface area contributed by atoms with Crippen LogP contribution in [0, 0.1) is 10.8 Å². The van der Waals surface area contributed by atoms with Gasteiger partial charge in [0.2, 0.25) is 5.96 Å². The summed E-state index contributed by atoms with van der Waals surface area (Å²) in [4.78, 5) is 72.9. The highest BCUT2D eigenvalue weighted by Crippen LogP contribution is 2.20. The van der Waals surface area contributed by atoms with Crippen molar-refractivity contribution < 1.29 is 47.7 Å². The minimum atomic E-state index is -1.03. The number of aliphatic imine (C=N–C) groups is 1. The van der Waals surface area contributed by atoms with Crippen LogP contribution in [0.5, 0.6) is 0 Å². The quantitative estimate of drug-likeness (QED) is 0.0797. The van der Waals surface area contributed by atoms with Crippen molar-refractivity contribution >= 4 is 47.6 Å². The molecule has 0 spiro atoms. The van der Waals surface area contributed by atoms with Crippen molar-refractivity contribution in [3.63, 3.8) is 0 Å². The molecule has 15 nitrogen and oxygen atoms in total. The van der Waals surface area contributed by atoms with Gasteiger partial charge in [0, 0.05) is 24.5 Å². The second kappa shape index (κ2) is 22.2. The molecule has 0 saturated heterocycles. The fourth-order valence-electron chi connectivity index (χ4n) is 5.69. The molecule has 0 bridgehead atoms. The lowest BCUT2D eigenvalue weighted by atomic mass is 10.0. The first-order valence-electron chi connectivity index (χ1n) is 21.3.